The third-order valence-corrected chi connectivity index (χ3v) is 5.13. The normalized spacial score (nSPS) is 24.9. The Labute approximate surface area is 124 Å². The van der Waals surface area contributed by atoms with Gasteiger partial charge in [0.1, 0.15) is 0 Å². The number of nitrogens with two attached hydrogens (primary N) is 1. The second kappa shape index (κ2) is 7.24. The summed E-state index contributed by atoms with van der Waals surface area (Å²) in [7, 11) is 0. The van der Waals surface area contributed by atoms with Crippen LogP contribution in [0.15, 0.2) is 24.3 Å². The molecule has 2 rings (SSSR count). The molecule has 0 heterocycles. The van der Waals surface area contributed by atoms with Gasteiger partial charge in [0.25, 0.3) is 0 Å². The minimum atomic E-state index is 0.314. The molecule has 112 valence electrons. The van der Waals surface area contributed by atoms with Crippen molar-refractivity contribution in [1.29, 1.82) is 0 Å². The minimum absolute atomic E-state index is 0.314. The van der Waals surface area contributed by atoms with E-state index in [0.717, 1.165) is 18.3 Å². The van der Waals surface area contributed by atoms with Gasteiger partial charge < -0.3 is 0 Å². The van der Waals surface area contributed by atoms with Crippen LogP contribution in [0, 0.1) is 17.8 Å². The van der Waals surface area contributed by atoms with Crippen molar-refractivity contribution < 1.29 is 0 Å². The fourth-order valence-electron chi connectivity index (χ4n) is 3.66. The summed E-state index contributed by atoms with van der Waals surface area (Å²) in [6.45, 7) is 6.92. The molecule has 1 aromatic rings. The van der Waals surface area contributed by atoms with E-state index in [2.05, 4.69) is 50.5 Å². The molecule has 1 unspecified atom stereocenters. The minimum Gasteiger partial charge on any atom is -0.271 e. The van der Waals surface area contributed by atoms with E-state index < -0.39 is 0 Å². The lowest BCUT2D eigenvalue weighted by Crippen LogP contribution is -2.35. The molecule has 0 radical (unpaired) electrons. The van der Waals surface area contributed by atoms with Crippen LogP contribution >= 0.6 is 0 Å². The molecule has 0 aliphatic heterocycles. The highest BCUT2D eigenvalue weighted by molar-refractivity contribution is 5.26. The van der Waals surface area contributed by atoms with Crippen molar-refractivity contribution in [3.05, 3.63) is 35.4 Å². The van der Waals surface area contributed by atoms with E-state index in [9.17, 15) is 0 Å². The lowest BCUT2D eigenvalue weighted by Gasteiger charge is -2.35. The summed E-state index contributed by atoms with van der Waals surface area (Å²) in [5.74, 6) is 8.29. The number of benzene rings is 1. The first-order valence-corrected chi connectivity index (χ1v) is 8.20. The number of hydrazine groups is 1. The van der Waals surface area contributed by atoms with Gasteiger partial charge in [-0.05, 0) is 61.0 Å². The summed E-state index contributed by atoms with van der Waals surface area (Å²) < 4.78 is 0. The fourth-order valence-corrected chi connectivity index (χ4v) is 3.66. The summed E-state index contributed by atoms with van der Waals surface area (Å²) in [6, 6.07) is 9.22. The quantitative estimate of drug-likeness (QED) is 0.623. The number of aryl methyl sites for hydroxylation is 1. The van der Waals surface area contributed by atoms with Gasteiger partial charge in [-0.25, -0.2) is 0 Å². The first kappa shape index (κ1) is 15.5. The van der Waals surface area contributed by atoms with Crippen LogP contribution in [0.5, 0.6) is 0 Å². The molecule has 1 fully saturated rings. The Kier molecular flexibility index (Phi) is 5.62. The highest BCUT2D eigenvalue weighted by Gasteiger charge is 2.29. The molecule has 0 spiro atoms. The Morgan fingerprint density at radius 1 is 1.15 bits per heavy atom. The standard InChI is InChI=1S/C18H30N2/c1-4-14-6-5-7-17(12-14)18(20-19)16-10-8-15(9-11-16)13(2)3/h5-7,12-13,15-16,18,20H,4,8-11,19H2,1-3H3. The molecule has 2 nitrogen and oxygen atoms in total. The molecule has 0 amide bonds. The van der Waals surface area contributed by atoms with E-state index >= 15 is 0 Å². The van der Waals surface area contributed by atoms with Crippen LogP contribution in [0.3, 0.4) is 0 Å². The number of hydrogen-bond acceptors (Lipinski definition) is 2. The molecule has 0 aromatic heterocycles. The van der Waals surface area contributed by atoms with E-state index in [1.807, 2.05) is 0 Å². The van der Waals surface area contributed by atoms with E-state index in [-0.39, 0.29) is 0 Å². The third-order valence-electron chi connectivity index (χ3n) is 5.13. The zero-order valence-electron chi connectivity index (χ0n) is 13.2. The molecule has 1 saturated carbocycles. The van der Waals surface area contributed by atoms with Crippen molar-refractivity contribution in [3.63, 3.8) is 0 Å². The molecule has 1 aliphatic rings. The summed E-state index contributed by atoms with van der Waals surface area (Å²) in [5, 5.41) is 0. The summed E-state index contributed by atoms with van der Waals surface area (Å²) in [6.07, 6.45) is 6.40. The van der Waals surface area contributed by atoms with Gasteiger partial charge >= 0.3 is 0 Å². The molecule has 20 heavy (non-hydrogen) atoms. The monoisotopic (exact) mass is 274 g/mol. The Hall–Kier alpha value is -0.860. The van der Waals surface area contributed by atoms with Gasteiger partial charge in [-0.15, -0.1) is 0 Å². The second-order valence-electron chi connectivity index (χ2n) is 6.66. The summed E-state index contributed by atoms with van der Waals surface area (Å²) in [4.78, 5) is 0. The Balaban J connectivity index is 2.05. The molecular formula is C18H30N2. The summed E-state index contributed by atoms with van der Waals surface area (Å²) >= 11 is 0. The zero-order valence-corrected chi connectivity index (χ0v) is 13.2. The van der Waals surface area contributed by atoms with Gasteiger partial charge in [-0.3, -0.25) is 11.3 Å². The predicted molar refractivity (Wildman–Crippen MR) is 86.2 cm³/mol. The van der Waals surface area contributed by atoms with Gasteiger partial charge in [0.2, 0.25) is 0 Å². The molecule has 2 heteroatoms. The Bertz CT molecular complexity index is 406. The first-order chi connectivity index (χ1) is 9.65. The van der Waals surface area contributed by atoms with Gasteiger partial charge in [-0.2, -0.15) is 0 Å². The first-order valence-electron chi connectivity index (χ1n) is 8.20. The van der Waals surface area contributed by atoms with Crippen molar-refractivity contribution in [2.45, 2.75) is 58.9 Å². The van der Waals surface area contributed by atoms with Crippen LogP contribution in [0.2, 0.25) is 0 Å². The summed E-state index contributed by atoms with van der Waals surface area (Å²) in [5.41, 5.74) is 5.85. The molecule has 0 bridgehead atoms. The average Bonchev–Trinajstić information content (AvgIpc) is 2.49. The molecular weight excluding hydrogens is 244 g/mol. The second-order valence-corrected chi connectivity index (χ2v) is 6.66. The van der Waals surface area contributed by atoms with Gasteiger partial charge in [-0.1, -0.05) is 45.0 Å². The smallest absolute Gasteiger partial charge is 0.0488 e. The highest BCUT2D eigenvalue weighted by atomic mass is 15.2. The van der Waals surface area contributed by atoms with E-state index in [0.29, 0.717) is 12.0 Å². The number of nitrogens with one attached hydrogen (secondary N) is 1. The van der Waals surface area contributed by atoms with Crippen molar-refractivity contribution in [3.8, 4) is 0 Å². The maximum absolute atomic E-state index is 5.87. The van der Waals surface area contributed by atoms with Crippen LogP contribution in [0.1, 0.15) is 63.6 Å². The van der Waals surface area contributed by atoms with Crippen LogP contribution in [0.4, 0.5) is 0 Å². The zero-order chi connectivity index (χ0) is 14.5. The van der Waals surface area contributed by atoms with E-state index in [1.165, 1.54) is 36.8 Å². The molecule has 1 aliphatic carbocycles. The van der Waals surface area contributed by atoms with Crippen LogP contribution < -0.4 is 11.3 Å². The van der Waals surface area contributed by atoms with Crippen LogP contribution in [-0.4, -0.2) is 0 Å². The van der Waals surface area contributed by atoms with Crippen molar-refractivity contribution in [2.75, 3.05) is 0 Å². The maximum atomic E-state index is 5.87. The predicted octanol–water partition coefficient (Wildman–Crippen LogP) is 4.22. The van der Waals surface area contributed by atoms with Crippen molar-refractivity contribution in [2.24, 2.45) is 23.6 Å². The Morgan fingerprint density at radius 2 is 1.80 bits per heavy atom. The number of rotatable bonds is 5. The third kappa shape index (κ3) is 3.62. The fraction of sp³-hybridized carbons (Fsp3) is 0.667. The van der Waals surface area contributed by atoms with Gasteiger partial charge in [0.05, 0.1) is 0 Å². The topological polar surface area (TPSA) is 38.0 Å². The van der Waals surface area contributed by atoms with Crippen LogP contribution in [0.25, 0.3) is 0 Å². The lowest BCUT2D eigenvalue weighted by molar-refractivity contribution is 0.189. The van der Waals surface area contributed by atoms with E-state index in [4.69, 9.17) is 5.84 Å². The lowest BCUT2D eigenvalue weighted by atomic mass is 9.73. The molecule has 3 N–H and O–H groups in total. The van der Waals surface area contributed by atoms with Gasteiger partial charge in [0.15, 0.2) is 0 Å². The van der Waals surface area contributed by atoms with Crippen LogP contribution in [-0.2, 0) is 6.42 Å². The highest BCUT2D eigenvalue weighted by Crippen LogP contribution is 2.39. The largest absolute Gasteiger partial charge is 0.271 e. The molecule has 0 saturated heterocycles. The molecule has 1 aromatic carbocycles. The average molecular weight is 274 g/mol. The number of hydrogen-bond donors (Lipinski definition) is 2. The Morgan fingerprint density at radius 3 is 2.35 bits per heavy atom. The SMILES string of the molecule is CCc1cccc(C(NN)C2CCC(C(C)C)CC2)c1. The van der Waals surface area contributed by atoms with E-state index in [1.54, 1.807) is 0 Å². The maximum Gasteiger partial charge on any atom is 0.0488 e. The van der Waals surface area contributed by atoms with Gasteiger partial charge in [0, 0.05) is 6.04 Å². The molecule has 1 atom stereocenters. The van der Waals surface area contributed by atoms with Crippen molar-refractivity contribution >= 4 is 0 Å². The van der Waals surface area contributed by atoms with Crippen molar-refractivity contribution in [1.82, 2.24) is 5.43 Å².